The van der Waals surface area contributed by atoms with Gasteiger partial charge in [-0.15, -0.1) is 0 Å². The summed E-state index contributed by atoms with van der Waals surface area (Å²) in [5.41, 5.74) is 7.50. The number of halogens is 2. The molecule has 0 aromatic heterocycles. The quantitative estimate of drug-likeness (QED) is 0.880. The van der Waals surface area contributed by atoms with Crippen molar-refractivity contribution in [3.8, 4) is 5.75 Å². The Morgan fingerprint density at radius 2 is 1.76 bits per heavy atom. The largest absolute Gasteiger partial charge is 0.494 e. The van der Waals surface area contributed by atoms with Gasteiger partial charge in [0, 0.05) is 5.02 Å². The van der Waals surface area contributed by atoms with Gasteiger partial charge in [0.15, 0.2) is 11.6 Å². The average molecular weight is 308 g/mol. The van der Waals surface area contributed by atoms with Gasteiger partial charge in [-0.3, -0.25) is 0 Å². The fourth-order valence-corrected chi connectivity index (χ4v) is 2.61. The maximum atomic E-state index is 14.2. The maximum Gasteiger partial charge on any atom is 0.168 e. The molecule has 0 saturated heterocycles. The van der Waals surface area contributed by atoms with Crippen molar-refractivity contribution in [3.63, 3.8) is 0 Å². The lowest BCUT2D eigenvalue weighted by Gasteiger charge is -2.17. The Morgan fingerprint density at radius 3 is 2.43 bits per heavy atom. The molecule has 0 aliphatic rings. The highest BCUT2D eigenvalue weighted by atomic mass is 35.5. The van der Waals surface area contributed by atoms with Crippen LogP contribution in [0.15, 0.2) is 42.5 Å². The molecule has 112 valence electrons. The molecule has 2 nitrogen and oxygen atoms in total. The van der Waals surface area contributed by atoms with E-state index in [-0.39, 0.29) is 17.5 Å². The standard InChI is InChI=1S/C17H19ClFNO/c1-21-16-8-4-6-14(17(16)19)10-12(11-20)9-13-5-2-3-7-15(13)18/h2-8,12H,9-11,20H2,1H3. The number of rotatable bonds is 6. The van der Waals surface area contributed by atoms with Crippen LogP contribution < -0.4 is 10.5 Å². The van der Waals surface area contributed by atoms with Crippen LogP contribution in [0.4, 0.5) is 4.39 Å². The van der Waals surface area contributed by atoms with Crippen LogP contribution in [0, 0.1) is 11.7 Å². The van der Waals surface area contributed by atoms with Gasteiger partial charge in [0.05, 0.1) is 7.11 Å². The molecule has 1 atom stereocenters. The molecule has 2 aromatic rings. The molecular formula is C17H19ClFNO. The van der Waals surface area contributed by atoms with Gasteiger partial charge in [0.1, 0.15) is 0 Å². The molecular weight excluding hydrogens is 289 g/mol. The monoisotopic (exact) mass is 307 g/mol. The summed E-state index contributed by atoms with van der Waals surface area (Å²) in [7, 11) is 1.46. The van der Waals surface area contributed by atoms with Crippen molar-refractivity contribution in [3.05, 3.63) is 64.4 Å². The van der Waals surface area contributed by atoms with Crippen molar-refractivity contribution < 1.29 is 9.13 Å². The summed E-state index contributed by atoms with van der Waals surface area (Å²) in [5, 5.41) is 0.724. The summed E-state index contributed by atoms with van der Waals surface area (Å²) in [6, 6.07) is 12.9. The van der Waals surface area contributed by atoms with E-state index in [1.54, 1.807) is 18.2 Å². The number of hydrogen-bond donors (Lipinski definition) is 1. The summed E-state index contributed by atoms with van der Waals surface area (Å²) < 4.78 is 19.2. The highest BCUT2D eigenvalue weighted by molar-refractivity contribution is 6.31. The highest BCUT2D eigenvalue weighted by Crippen LogP contribution is 2.25. The second kappa shape index (κ2) is 7.43. The molecule has 0 aliphatic carbocycles. The number of ether oxygens (including phenoxy) is 1. The van der Waals surface area contributed by atoms with Gasteiger partial charge in [-0.1, -0.05) is 41.9 Å². The third-order valence-electron chi connectivity index (χ3n) is 3.57. The van der Waals surface area contributed by atoms with E-state index in [0.29, 0.717) is 18.5 Å². The minimum atomic E-state index is -0.308. The Bertz CT molecular complexity index is 603. The molecule has 0 aliphatic heterocycles. The lowest BCUT2D eigenvalue weighted by molar-refractivity contribution is 0.382. The van der Waals surface area contributed by atoms with Crippen LogP contribution >= 0.6 is 11.6 Å². The van der Waals surface area contributed by atoms with E-state index in [0.717, 1.165) is 17.0 Å². The molecule has 0 heterocycles. The third-order valence-corrected chi connectivity index (χ3v) is 3.94. The molecule has 0 spiro atoms. The van der Waals surface area contributed by atoms with E-state index >= 15 is 0 Å². The van der Waals surface area contributed by atoms with Gasteiger partial charge >= 0.3 is 0 Å². The van der Waals surface area contributed by atoms with E-state index in [2.05, 4.69) is 0 Å². The lowest BCUT2D eigenvalue weighted by atomic mass is 9.92. The van der Waals surface area contributed by atoms with Crippen molar-refractivity contribution in [1.82, 2.24) is 0 Å². The van der Waals surface area contributed by atoms with E-state index in [4.69, 9.17) is 22.1 Å². The van der Waals surface area contributed by atoms with Crippen molar-refractivity contribution >= 4 is 11.6 Å². The van der Waals surface area contributed by atoms with Crippen LogP contribution in [0.1, 0.15) is 11.1 Å². The molecule has 4 heteroatoms. The first kappa shape index (κ1) is 15.8. The predicted octanol–water partition coefficient (Wildman–Crippen LogP) is 3.85. The highest BCUT2D eigenvalue weighted by Gasteiger charge is 2.15. The number of nitrogens with two attached hydrogens (primary N) is 1. The van der Waals surface area contributed by atoms with E-state index in [1.807, 2.05) is 24.3 Å². The zero-order valence-electron chi connectivity index (χ0n) is 12.0. The van der Waals surface area contributed by atoms with E-state index < -0.39 is 0 Å². The Labute approximate surface area is 129 Å². The fraction of sp³-hybridized carbons (Fsp3) is 0.294. The van der Waals surface area contributed by atoms with Gasteiger partial charge in [0.2, 0.25) is 0 Å². The molecule has 0 amide bonds. The van der Waals surface area contributed by atoms with Crippen LogP contribution in [0.2, 0.25) is 5.02 Å². The first-order chi connectivity index (χ1) is 10.2. The fourth-order valence-electron chi connectivity index (χ4n) is 2.40. The van der Waals surface area contributed by atoms with Crippen LogP contribution in [0.3, 0.4) is 0 Å². The Kier molecular flexibility index (Phi) is 5.59. The maximum absolute atomic E-state index is 14.2. The first-order valence-corrected chi connectivity index (χ1v) is 7.28. The predicted molar refractivity (Wildman–Crippen MR) is 84.4 cm³/mol. The first-order valence-electron chi connectivity index (χ1n) is 6.90. The van der Waals surface area contributed by atoms with Crippen molar-refractivity contribution in [2.75, 3.05) is 13.7 Å². The molecule has 0 radical (unpaired) electrons. The summed E-state index contributed by atoms with van der Waals surface area (Å²) in [5.74, 6) is 0.0881. The van der Waals surface area contributed by atoms with Crippen LogP contribution in [-0.2, 0) is 12.8 Å². The second-order valence-electron chi connectivity index (χ2n) is 5.03. The SMILES string of the molecule is COc1cccc(CC(CN)Cc2ccccc2Cl)c1F. The summed E-state index contributed by atoms with van der Waals surface area (Å²) in [6.07, 6.45) is 1.29. The van der Waals surface area contributed by atoms with Crippen molar-refractivity contribution in [2.45, 2.75) is 12.8 Å². The van der Waals surface area contributed by atoms with Crippen molar-refractivity contribution in [2.24, 2.45) is 11.7 Å². The molecule has 0 fully saturated rings. The van der Waals surface area contributed by atoms with Gasteiger partial charge in [-0.2, -0.15) is 0 Å². The number of methoxy groups -OCH3 is 1. The molecule has 1 unspecified atom stereocenters. The average Bonchev–Trinajstić information content (AvgIpc) is 2.50. The molecule has 0 saturated carbocycles. The van der Waals surface area contributed by atoms with Gasteiger partial charge < -0.3 is 10.5 Å². The van der Waals surface area contributed by atoms with Crippen LogP contribution in [0.5, 0.6) is 5.75 Å². The summed E-state index contributed by atoms with van der Waals surface area (Å²) >= 11 is 6.17. The topological polar surface area (TPSA) is 35.2 Å². The second-order valence-corrected chi connectivity index (χ2v) is 5.44. The van der Waals surface area contributed by atoms with Gasteiger partial charge in [-0.25, -0.2) is 4.39 Å². The smallest absolute Gasteiger partial charge is 0.168 e. The number of hydrogen-bond acceptors (Lipinski definition) is 2. The van der Waals surface area contributed by atoms with Gasteiger partial charge in [-0.05, 0) is 48.6 Å². The molecule has 0 bridgehead atoms. The van der Waals surface area contributed by atoms with Crippen LogP contribution in [-0.4, -0.2) is 13.7 Å². The zero-order valence-corrected chi connectivity index (χ0v) is 12.7. The molecule has 21 heavy (non-hydrogen) atoms. The van der Waals surface area contributed by atoms with Gasteiger partial charge in [0.25, 0.3) is 0 Å². The Hall–Kier alpha value is -1.58. The van der Waals surface area contributed by atoms with E-state index in [1.165, 1.54) is 7.11 Å². The minimum absolute atomic E-state index is 0.131. The zero-order chi connectivity index (χ0) is 15.2. The molecule has 2 aromatic carbocycles. The van der Waals surface area contributed by atoms with Crippen molar-refractivity contribution in [1.29, 1.82) is 0 Å². The molecule has 2 N–H and O–H groups in total. The third kappa shape index (κ3) is 3.96. The molecule has 2 rings (SSSR count). The lowest BCUT2D eigenvalue weighted by Crippen LogP contribution is -2.20. The number of benzene rings is 2. The summed E-state index contributed by atoms with van der Waals surface area (Å²) in [4.78, 5) is 0. The normalized spacial score (nSPS) is 12.2. The van der Waals surface area contributed by atoms with E-state index in [9.17, 15) is 4.39 Å². The Morgan fingerprint density at radius 1 is 1.10 bits per heavy atom. The summed E-state index contributed by atoms with van der Waals surface area (Å²) in [6.45, 7) is 0.474. The minimum Gasteiger partial charge on any atom is -0.494 e. The van der Waals surface area contributed by atoms with Crippen LogP contribution in [0.25, 0.3) is 0 Å². The Balaban J connectivity index is 2.15.